The molecule has 1 aromatic rings. The summed E-state index contributed by atoms with van der Waals surface area (Å²) in [4.78, 5) is 26.7. The van der Waals surface area contributed by atoms with Crippen molar-refractivity contribution in [3.05, 3.63) is 23.9 Å². The van der Waals surface area contributed by atoms with E-state index in [1.165, 1.54) is 12.1 Å². The number of pyridine rings is 1. The molecular weight excluding hydrogens is 321 g/mol. The number of rotatable bonds is 6. The highest BCUT2D eigenvalue weighted by Gasteiger charge is 2.33. The van der Waals surface area contributed by atoms with Crippen molar-refractivity contribution in [1.82, 2.24) is 10.3 Å². The number of hydrogen-bond acceptors (Lipinski definition) is 4. The van der Waals surface area contributed by atoms with E-state index in [-0.39, 0.29) is 17.9 Å². The lowest BCUT2D eigenvalue weighted by Gasteiger charge is -2.17. The average molecular weight is 336 g/mol. The van der Waals surface area contributed by atoms with Crippen LogP contribution in [0.4, 0.5) is 13.2 Å². The van der Waals surface area contributed by atoms with Crippen LogP contribution in [-0.2, 0) is 4.79 Å². The van der Waals surface area contributed by atoms with Crippen LogP contribution in [0.2, 0.25) is 0 Å². The highest BCUT2D eigenvalue weighted by Crippen LogP contribution is 2.37. The third-order valence-electron chi connectivity index (χ3n) is 2.54. The number of nitrogens with one attached hydrogen (secondary N) is 1. The van der Waals surface area contributed by atoms with Crippen LogP contribution in [0.1, 0.15) is 30.6 Å². The van der Waals surface area contributed by atoms with Gasteiger partial charge in [-0.1, -0.05) is 13.8 Å². The van der Waals surface area contributed by atoms with Crippen molar-refractivity contribution in [3.8, 4) is 0 Å². The standard InChI is InChI=1S/C13H15F3N2O3S/c1-7(2)6-9(12(20)21)18-10(19)8-4-3-5-17-11(8)22-13(14,15)16/h3-5,7,9H,6H2,1-2H3,(H,18,19)(H,20,21)/t9-/m1/s1. The van der Waals surface area contributed by atoms with Gasteiger partial charge in [-0.3, -0.25) is 4.79 Å². The third kappa shape index (κ3) is 5.92. The second-order valence-corrected chi connectivity index (χ2v) is 5.95. The minimum Gasteiger partial charge on any atom is -0.480 e. The quantitative estimate of drug-likeness (QED) is 0.781. The Morgan fingerprint density at radius 1 is 1.41 bits per heavy atom. The number of thioether (sulfide) groups is 1. The van der Waals surface area contributed by atoms with Gasteiger partial charge in [-0.2, -0.15) is 13.2 Å². The van der Waals surface area contributed by atoms with Crippen molar-refractivity contribution in [2.75, 3.05) is 0 Å². The second-order valence-electron chi connectivity index (χ2n) is 4.90. The van der Waals surface area contributed by atoms with Crippen LogP contribution >= 0.6 is 11.8 Å². The molecule has 0 aromatic carbocycles. The fourth-order valence-corrected chi connectivity index (χ4v) is 2.29. The Balaban J connectivity index is 2.95. The molecule has 1 heterocycles. The molecule has 122 valence electrons. The zero-order valence-electron chi connectivity index (χ0n) is 11.8. The summed E-state index contributed by atoms with van der Waals surface area (Å²) in [5.74, 6) is -2.14. The predicted molar refractivity (Wildman–Crippen MR) is 74.5 cm³/mol. The lowest BCUT2D eigenvalue weighted by atomic mass is 10.0. The monoisotopic (exact) mass is 336 g/mol. The Morgan fingerprint density at radius 2 is 2.05 bits per heavy atom. The van der Waals surface area contributed by atoms with E-state index >= 15 is 0 Å². The van der Waals surface area contributed by atoms with Gasteiger partial charge in [-0.25, -0.2) is 9.78 Å². The molecule has 0 saturated carbocycles. The summed E-state index contributed by atoms with van der Waals surface area (Å²) >= 11 is -0.514. The van der Waals surface area contributed by atoms with Crippen LogP contribution in [0.25, 0.3) is 0 Å². The van der Waals surface area contributed by atoms with Crippen molar-refractivity contribution in [2.45, 2.75) is 36.8 Å². The minimum atomic E-state index is -4.59. The largest absolute Gasteiger partial charge is 0.480 e. The van der Waals surface area contributed by atoms with E-state index in [1.54, 1.807) is 13.8 Å². The zero-order valence-corrected chi connectivity index (χ0v) is 12.7. The number of alkyl halides is 3. The van der Waals surface area contributed by atoms with Gasteiger partial charge in [-0.15, -0.1) is 0 Å². The zero-order chi connectivity index (χ0) is 16.9. The number of halogens is 3. The molecule has 1 atom stereocenters. The lowest BCUT2D eigenvalue weighted by molar-refractivity contribution is -0.139. The van der Waals surface area contributed by atoms with Gasteiger partial charge < -0.3 is 10.4 Å². The molecule has 0 fully saturated rings. The van der Waals surface area contributed by atoms with Crippen molar-refractivity contribution in [3.63, 3.8) is 0 Å². The first-order chi connectivity index (χ1) is 10.1. The van der Waals surface area contributed by atoms with Crippen molar-refractivity contribution >= 4 is 23.6 Å². The van der Waals surface area contributed by atoms with Gasteiger partial charge in [0.2, 0.25) is 0 Å². The van der Waals surface area contributed by atoms with Crippen LogP contribution in [0.15, 0.2) is 23.4 Å². The van der Waals surface area contributed by atoms with E-state index < -0.39 is 40.2 Å². The van der Waals surface area contributed by atoms with E-state index in [2.05, 4.69) is 10.3 Å². The molecule has 1 rings (SSSR count). The van der Waals surface area contributed by atoms with Gasteiger partial charge >= 0.3 is 11.5 Å². The fourth-order valence-electron chi connectivity index (χ4n) is 1.68. The Kier molecular flexibility index (Phi) is 6.21. The van der Waals surface area contributed by atoms with Gasteiger partial charge in [-0.05, 0) is 24.5 Å². The SMILES string of the molecule is CC(C)C[C@@H](NC(=O)c1cccnc1SC(F)(F)F)C(=O)O. The second kappa shape index (κ2) is 7.48. The lowest BCUT2D eigenvalue weighted by Crippen LogP contribution is -2.41. The number of carbonyl (C=O) groups is 2. The number of carboxylic acid groups (broad SMARTS) is 1. The Bertz CT molecular complexity index is 550. The topological polar surface area (TPSA) is 79.3 Å². The maximum absolute atomic E-state index is 12.4. The van der Waals surface area contributed by atoms with Crippen molar-refractivity contribution in [2.24, 2.45) is 5.92 Å². The molecular formula is C13H15F3N2O3S. The van der Waals surface area contributed by atoms with E-state index in [9.17, 15) is 22.8 Å². The molecule has 2 N–H and O–H groups in total. The van der Waals surface area contributed by atoms with Gasteiger partial charge in [0, 0.05) is 18.0 Å². The van der Waals surface area contributed by atoms with Crippen molar-refractivity contribution < 1.29 is 27.9 Å². The van der Waals surface area contributed by atoms with E-state index in [4.69, 9.17) is 5.11 Å². The number of amides is 1. The number of carbonyl (C=O) groups excluding carboxylic acids is 1. The van der Waals surface area contributed by atoms with E-state index in [0.717, 1.165) is 6.20 Å². The highest BCUT2D eigenvalue weighted by molar-refractivity contribution is 8.00. The average Bonchev–Trinajstić information content (AvgIpc) is 2.35. The summed E-state index contributed by atoms with van der Waals surface area (Å²) in [6.45, 7) is 3.55. The van der Waals surface area contributed by atoms with Gasteiger partial charge in [0.15, 0.2) is 0 Å². The molecule has 1 amide bonds. The van der Waals surface area contributed by atoms with Crippen LogP contribution < -0.4 is 5.32 Å². The molecule has 0 unspecified atom stereocenters. The van der Waals surface area contributed by atoms with Gasteiger partial charge in [0.05, 0.1) is 5.56 Å². The molecule has 0 radical (unpaired) electrons. The van der Waals surface area contributed by atoms with E-state index in [0.29, 0.717) is 0 Å². The molecule has 0 aliphatic heterocycles. The Hall–Kier alpha value is -1.77. The molecule has 5 nitrogen and oxygen atoms in total. The fraction of sp³-hybridized carbons (Fsp3) is 0.462. The molecule has 1 aromatic heterocycles. The molecule has 0 aliphatic carbocycles. The summed E-state index contributed by atoms with van der Waals surface area (Å²) in [7, 11) is 0. The molecule has 0 saturated heterocycles. The van der Waals surface area contributed by atoms with Gasteiger partial charge in [0.1, 0.15) is 11.1 Å². The number of nitrogens with zero attached hydrogens (tertiary/aromatic N) is 1. The third-order valence-corrected chi connectivity index (χ3v) is 3.29. The summed E-state index contributed by atoms with van der Waals surface area (Å²) in [6.07, 6.45) is 1.30. The summed E-state index contributed by atoms with van der Waals surface area (Å²) < 4.78 is 37.3. The molecule has 9 heteroatoms. The Labute approximate surface area is 129 Å². The molecule has 22 heavy (non-hydrogen) atoms. The first-order valence-corrected chi connectivity index (χ1v) is 7.16. The summed E-state index contributed by atoms with van der Waals surface area (Å²) in [5.41, 5.74) is -4.90. The van der Waals surface area contributed by atoms with Crippen molar-refractivity contribution in [1.29, 1.82) is 0 Å². The van der Waals surface area contributed by atoms with Crippen LogP contribution in [0.5, 0.6) is 0 Å². The van der Waals surface area contributed by atoms with E-state index in [1.807, 2.05) is 0 Å². The normalized spacial score (nSPS) is 13.0. The maximum Gasteiger partial charge on any atom is 0.447 e. The number of carboxylic acids is 1. The van der Waals surface area contributed by atoms with Gasteiger partial charge in [0.25, 0.3) is 5.91 Å². The molecule has 0 spiro atoms. The van der Waals surface area contributed by atoms with Crippen LogP contribution in [-0.4, -0.2) is 33.5 Å². The highest BCUT2D eigenvalue weighted by atomic mass is 32.2. The van der Waals surface area contributed by atoms with Crippen LogP contribution in [0, 0.1) is 5.92 Å². The number of aliphatic carboxylic acids is 1. The van der Waals surface area contributed by atoms with Crippen LogP contribution in [0.3, 0.4) is 0 Å². The number of hydrogen-bond donors (Lipinski definition) is 2. The first-order valence-electron chi connectivity index (χ1n) is 6.34. The first kappa shape index (κ1) is 18.3. The molecule has 0 bridgehead atoms. The smallest absolute Gasteiger partial charge is 0.447 e. The maximum atomic E-state index is 12.4. The minimum absolute atomic E-state index is 0.000631. The summed E-state index contributed by atoms with van der Waals surface area (Å²) in [5, 5.41) is 10.8. The number of aromatic nitrogens is 1. The Morgan fingerprint density at radius 3 is 2.55 bits per heavy atom. The summed E-state index contributed by atoms with van der Waals surface area (Å²) in [6, 6.07) is 1.31. The molecule has 0 aliphatic rings. The predicted octanol–water partition coefficient (Wildman–Crippen LogP) is 2.92.